The van der Waals surface area contributed by atoms with Crippen molar-refractivity contribution < 1.29 is 38.2 Å². The lowest BCUT2D eigenvalue weighted by Gasteiger charge is -2.08. The van der Waals surface area contributed by atoms with Crippen molar-refractivity contribution in [3.63, 3.8) is 0 Å². The largest absolute Gasteiger partial charge is 0.544 e. The van der Waals surface area contributed by atoms with Crippen molar-refractivity contribution in [2.45, 2.75) is 51.4 Å². The molecular formula is C10H17O8P. The van der Waals surface area contributed by atoms with Crippen LogP contribution in [0.5, 0.6) is 0 Å². The van der Waals surface area contributed by atoms with E-state index in [0.717, 1.165) is 25.7 Å². The van der Waals surface area contributed by atoms with Crippen molar-refractivity contribution >= 4 is 19.8 Å². The van der Waals surface area contributed by atoms with E-state index in [9.17, 15) is 14.2 Å². The molecule has 1 rings (SSSR count). The summed E-state index contributed by atoms with van der Waals surface area (Å²) in [6.45, 7) is 0. The third-order valence-corrected chi connectivity index (χ3v) is 2.99. The summed E-state index contributed by atoms with van der Waals surface area (Å²) < 4.78 is 19.0. The van der Waals surface area contributed by atoms with Gasteiger partial charge in [-0.15, -0.1) is 0 Å². The van der Waals surface area contributed by atoms with Crippen LogP contribution in [0.1, 0.15) is 51.4 Å². The van der Waals surface area contributed by atoms with Crippen LogP contribution in [-0.4, -0.2) is 16.8 Å². The minimum Gasteiger partial charge on any atom is -0.298 e. The van der Waals surface area contributed by atoms with Gasteiger partial charge in [-0.3, -0.25) is 14.7 Å². The maximum atomic E-state index is 11.1. The molecule has 0 aromatic carbocycles. The standard InChI is InChI=1S/C10H17O8P/c11-9-7-5-3-1-2-4-6-8-10(12)16-18-19(13,14)17-15-9/h1-8H2,(H,13,14). The van der Waals surface area contributed by atoms with Gasteiger partial charge in [-0.05, 0) is 12.8 Å². The lowest BCUT2D eigenvalue weighted by atomic mass is 10.1. The quantitative estimate of drug-likeness (QED) is 0.535. The van der Waals surface area contributed by atoms with E-state index in [4.69, 9.17) is 4.89 Å². The second-order valence-electron chi connectivity index (χ2n) is 4.15. The molecule has 0 bridgehead atoms. The van der Waals surface area contributed by atoms with Gasteiger partial charge in [0.15, 0.2) is 0 Å². The number of phosphoric acid groups is 1. The van der Waals surface area contributed by atoms with Gasteiger partial charge in [-0.25, -0.2) is 14.2 Å². The Morgan fingerprint density at radius 3 is 1.58 bits per heavy atom. The van der Waals surface area contributed by atoms with E-state index in [1.165, 1.54) is 0 Å². The maximum absolute atomic E-state index is 11.1. The van der Waals surface area contributed by atoms with Crippen LogP contribution in [0, 0.1) is 0 Å². The highest BCUT2D eigenvalue weighted by Gasteiger charge is 2.28. The summed E-state index contributed by atoms with van der Waals surface area (Å²) in [6, 6.07) is 0. The number of hydrogen-bond donors (Lipinski definition) is 1. The molecule has 0 radical (unpaired) electrons. The molecule has 110 valence electrons. The molecule has 8 nitrogen and oxygen atoms in total. The van der Waals surface area contributed by atoms with Crippen molar-refractivity contribution in [2.24, 2.45) is 0 Å². The zero-order valence-corrected chi connectivity index (χ0v) is 11.3. The summed E-state index contributed by atoms with van der Waals surface area (Å²) in [6.07, 6.45) is 4.94. The minimum absolute atomic E-state index is 0.0831. The topological polar surface area (TPSA) is 108 Å². The molecule has 0 atom stereocenters. The van der Waals surface area contributed by atoms with Crippen LogP contribution in [-0.2, 0) is 33.3 Å². The molecule has 0 aromatic heterocycles. The zero-order chi connectivity index (χ0) is 14.1. The molecule has 1 saturated heterocycles. The maximum Gasteiger partial charge on any atom is 0.544 e. The molecule has 0 saturated carbocycles. The average Bonchev–Trinajstić information content (AvgIpc) is 2.37. The fourth-order valence-corrected chi connectivity index (χ4v) is 1.90. The van der Waals surface area contributed by atoms with Gasteiger partial charge >= 0.3 is 19.8 Å². The van der Waals surface area contributed by atoms with Crippen molar-refractivity contribution in [3.05, 3.63) is 0 Å². The van der Waals surface area contributed by atoms with Crippen molar-refractivity contribution in [1.29, 1.82) is 0 Å². The van der Waals surface area contributed by atoms with Gasteiger partial charge in [0.1, 0.15) is 0 Å². The SMILES string of the molecule is O=C1CCCCCCCCC(=O)OOP(=O)(O)OO1. The van der Waals surface area contributed by atoms with Gasteiger partial charge in [0.25, 0.3) is 0 Å². The Balaban J connectivity index is 2.48. The van der Waals surface area contributed by atoms with Crippen molar-refractivity contribution in [2.75, 3.05) is 0 Å². The van der Waals surface area contributed by atoms with E-state index in [0.29, 0.717) is 12.8 Å². The Hall–Kier alpha value is -0.950. The van der Waals surface area contributed by atoms with E-state index in [1.807, 2.05) is 0 Å². The predicted molar refractivity (Wildman–Crippen MR) is 61.1 cm³/mol. The first-order valence-electron chi connectivity index (χ1n) is 6.10. The fourth-order valence-electron chi connectivity index (χ4n) is 1.52. The van der Waals surface area contributed by atoms with Crippen molar-refractivity contribution in [1.82, 2.24) is 0 Å². The molecule has 1 aliphatic heterocycles. The molecule has 19 heavy (non-hydrogen) atoms. The number of hydrogen-bond acceptors (Lipinski definition) is 7. The molecule has 1 N–H and O–H groups in total. The van der Waals surface area contributed by atoms with E-state index in [1.54, 1.807) is 0 Å². The molecule has 1 aliphatic rings. The third-order valence-electron chi connectivity index (χ3n) is 2.46. The van der Waals surface area contributed by atoms with Crippen LogP contribution >= 0.6 is 7.82 Å². The lowest BCUT2D eigenvalue weighted by molar-refractivity contribution is -0.260. The molecule has 1 fully saturated rings. The van der Waals surface area contributed by atoms with Crippen LogP contribution in [0.4, 0.5) is 0 Å². The number of rotatable bonds is 0. The number of carbonyl (C=O) groups excluding carboxylic acids is 2. The summed E-state index contributed by atoms with van der Waals surface area (Å²) in [5, 5.41) is 0. The minimum atomic E-state index is -4.74. The van der Waals surface area contributed by atoms with Crippen LogP contribution in [0.2, 0.25) is 0 Å². The Morgan fingerprint density at radius 2 is 1.16 bits per heavy atom. The van der Waals surface area contributed by atoms with Gasteiger partial charge in [0.05, 0.1) is 0 Å². The Bertz CT molecular complexity index is 325. The van der Waals surface area contributed by atoms with E-state index >= 15 is 0 Å². The van der Waals surface area contributed by atoms with Crippen LogP contribution < -0.4 is 0 Å². The molecular weight excluding hydrogens is 279 g/mol. The normalized spacial score (nSPS) is 23.6. The summed E-state index contributed by atoms with van der Waals surface area (Å²) in [7, 11) is -4.74. The molecule has 1 heterocycles. The molecule has 9 heteroatoms. The fraction of sp³-hybridized carbons (Fsp3) is 0.800. The highest BCUT2D eigenvalue weighted by Crippen LogP contribution is 2.43. The van der Waals surface area contributed by atoms with Crippen LogP contribution in [0.25, 0.3) is 0 Å². The Labute approximate surface area is 110 Å². The number of carbonyl (C=O) groups is 2. The lowest BCUT2D eigenvalue weighted by Crippen LogP contribution is -2.08. The monoisotopic (exact) mass is 296 g/mol. The average molecular weight is 296 g/mol. The van der Waals surface area contributed by atoms with Gasteiger partial charge in [-0.1, -0.05) is 35.0 Å². The van der Waals surface area contributed by atoms with Gasteiger partial charge < -0.3 is 0 Å². The van der Waals surface area contributed by atoms with Crippen LogP contribution in [0.3, 0.4) is 0 Å². The summed E-state index contributed by atoms with van der Waals surface area (Å²) in [5.74, 6) is -1.56. The highest BCUT2D eigenvalue weighted by atomic mass is 31.2. The van der Waals surface area contributed by atoms with Crippen molar-refractivity contribution in [3.8, 4) is 0 Å². The summed E-state index contributed by atoms with van der Waals surface area (Å²) in [4.78, 5) is 39.5. The second-order valence-corrected chi connectivity index (χ2v) is 5.38. The first-order chi connectivity index (χ1) is 8.99. The molecule has 0 unspecified atom stereocenters. The molecule has 0 aliphatic carbocycles. The van der Waals surface area contributed by atoms with E-state index in [2.05, 4.69) is 19.1 Å². The van der Waals surface area contributed by atoms with Crippen LogP contribution in [0.15, 0.2) is 0 Å². The Morgan fingerprint density at radius 1 is 0.789 bits per heavy atom. The molecule has 0 spiro atoms. The predicted octanol–water partition coefficient (Wildman–Crippen LogP) is 2.17. The first-order valence-corrected chi connectivity index (χ1v) is 7.60. The van der Waals surface area contributed by atoms with Gasteiger partial charge in [0.2, 0.25) is 0 Å². The summed E-state index contributed by atoms with van der Waals surface area (Å²) >= 11 is 0. The highest BCUT2D eigenvalue weighted by molar-refractivity contribution is 7.47. The third kappa shape index (κ3) is 7.94. The van der Waals surface area contributed by atoms with Gasteiger partial charge in [-0.2, -0.15) is 0 Å². The molecule has 0 aromatic rings. The van der Waals surface area contributed by atoms with Gasteiger partial charge in [0, 0.05) is 12.8 Å². The first kappa shape index (κ1) is 16.1. The van der Waals surface area contributed by atoms with E-state index in [-0.39, 0.29) is 12.8 Å². The molecule has 0 amide bonds. The zero-order valence-electron chi connectivity index (χ0n) is 10.4. The second kappa shape index (κ2) is 8.27. The van der Waals surface area contributed by atoms with E-state index < -0.39 is 19.8 Å². The summed E-state index contributed by atoms with van der Waals surface area (Å²) in [5.41, 5.74) is 0. The smallest absolute Gasteiger partial charge is 0.298 e. The Kier molecular flexibility index (Phi) is 7.01.